The van der Waals surface area contributed by atoms with Crippen LogP contribution in [0.15, 0.2) is 51.8 Å². The molecule has 0 radical (unpaired) electrons. The number of halogens is 2. The minimum atomic E-state index is -4.00. The summed E-state index contributed by atoms with van der Waals surface area (Å²) in [5.74, 6) is -1.19. The summed E-state index contributed by atoms with van der Waals surface area (Å²) in [6, 6.07) is 10.8. The highest BCUT2D eigenvalue weighted by Crippen LogP contribution is 2.24. The Morgan fingerprint density at radius 2 is 1.89 bits per heavy atom. The van der Waals surface area contributed by atoms with E-state index in [0.717, 1.165) is 22.2 Å². The predicted octanol–water partition coefficient (Wildman–Crippen LogP) is 2.79. The van der Waals surface area contributed by atoms with Crippen molar-refractivity contribution in [3.05, 3.63) is 58.3 Å². The van der Waals surface area contributed by atoms with Gasteiger partial charge >= 0.3 is 0 Å². The number of amides is 1. The van der Waals surface area contributed by atoms with Crippen LogP contribution >= 0.6 is 15.9 Å². The van der Waals surface area contributed by atoms with Gasteiger partial charge in [-0.2, -0.15) is 4.31 Å². The Bertz CT molecular complexity index is 946. The Labute approximate surface area is 165 Å². The zero-order valence-corrected chi connectivity index (χ0v) is 16.7. The summed E-state index contributed by atoms with van der Waals surface area (Å²) in [4.78, 5) is 11.8. The van der Waals surface area contributed by atoms with Gasteiger partial charge in [-0.15, -0.1) is 0 Å². The number of hydrogen-bond donors (Lipinski definition) is 1. The van der Waals surface area contributed by atoms with Crippen LogP contribution in [0.1, 0.15) is 5.56 Å². The summed E-state index contributed by atoms with van der Waals surface area (Å²) < 4.78 is 46.7. The average molecular weight is 457 g/mol. The van der Waals surface area contributed by atoms with E-state index in [1.165, 1.54) is 10.4 Å². The molecule has 6 nitrogen and oxygen atoms in total. The number of carbonyl (C=O) groups is 1. The molecular formula is C18H18BrFN2O4S. The smallest absolute Gasteiger partial charge is 0.246 e. The van der Waals surface area contributed by atoms with Crippen LogP contribution < -0.4 is 5.32 Å². The van der Waals surface area contributed by atoms with Crippen LogP contribution in [0.4, 0.5) is 10.1 Å². The number of morpholine rings is 1. The fourth-order valence-corrected chi connectivity index (χ4v) is 4.65. The van der Waals surface area contributed by atoms with Gasteiger partial charge in [-0.25, -0.2) is 12.8 Å². The molecule has 27 heavy (non-hydrogen) atoms. The Balaban J connectivity index is 1.79. The molecule has 1 heterocycles. The van der Waals surface area contributed by atoms with E-state index in [4.69, 9.17) is 4.74 Å². The molecule has 1 saturated heterocycles. The minimum absolute atomic E-state index is 0.102. The molecule has 1 fully saturated rings. The highest BCUT2D eigenvalue weighted by atomic mass is 79.9. The SMILES string of the molecule is O=C(Cc1ccccc1Br)Nc1ccc(F)c(S(=O)(=O)N2CCOCC2)c1. The lowest BCUT2D eigenvalue weighted by Gasteiger charge is -2.26. The third-order valence-electron chi connectivity index (χ3n) is 4.11. The third kappa shape index (κ3) is 4.73. The molecule has 0 spiro atoms. The lowest BCUT2D eigenvalue weighted by molar-refractivity contribution is -0.115. The van der Waals surface area contributed by atoms with Gasteiger partial charge < -0.3 is 10.1 Å². The normalized spacial score (nSPS) is 15.5. The topological polar surface area (TPSA) is 75.7 Å². The maximum atomic E-state index is 14.2. The molecule has 0 aliphatic carbocycles. The summed E-state index contributed by atoms with van der Waals surface area (Å²) in [7, 11) is -4.00. The minimum Gasteiger partial charge on any atom is -0.379 e. The highest BCUT2D eigenvalue weighted by Gasteiger charge is 2.29. The van der Waals surface area contributed by atoms with Crippen LogP contribution in [0.5, 0.6) is 0 Å². The Hall–Kier alpha value is -1.81. The zero-order chi connectivity index (χ0) is 19.4. The van der Waals surface area contributed by atoms with Gasteiger partial charge in [0.25, 0.3) is 0 Å². The molecule has 0 unspecified atom stereocenters. The lowest BCUT2D eigenvalue weighted by Crippen LogP contribution is -2.40. The molecule has 0 bridgehead atoms. The summed E-state index contributed by atoms with van der Waals surface area (Å²) in [6.07, 6.45) is 0.102. The van der Waals surface area contributed by atoms with Crippen molar-refractivity contribution in [2.45, 2.75) is 11.3 Å². The van der Waals surface area contributed by atoms with Crippen molar-refractivity contribution in [1.82, 2.24) is 4.31 Å². The molecule has 2 aromatic rings. The second-order valence-corrected chi connectivity index (χ2v) is 8.74. The second-order valence-electron chi connectivity index (χ2n) is 5.98. The Kier molecular flexibility index (Phi) is 6.25. The molecule has 1 aliphatic heterocycles. The van der Waals surface area contributed by atoms with E-state index < -0.39 is 20.7 Å². The van der Waals surface area contributed by atoms with E-state index in [2.05, 4.69) is 21.2 Å². The second kappa shape index (κ2) is 8.47. The maximum Gasteiger partial charge on any atom is 0.246 e. The van der Waals surface area contributed by atoms with E-state index in [0.29, 0.717) is 0 Å². The standard InChI is InChI=1S/C18H18BrFN2O4S/c19-15-4-2-1-3-13(15)11-18(23)21-14-5-6-16(20)17(12-14)27(24,25)22-7-9-26-10-8-22/h1-6,12H,7-11H2,(H,21,23). The lowest BCUT2D eigenvalue weighted by atomic mass is 10.1. The molecule has 9 heteroatoms. The molecule has 1 aliphatic rings. The predicted molar refractivity (Wildman–Crippen MR) is 102 cm³/mol. The molecule has 0 atom stereocenters. The van der Waals surface area contributed by atoms with E-state index in [9.17, 15) is 17.6 Å². The van der Waals surface area contributed by atoms with E-state index in [1.54, 1.807) is 0 Å². The Morgan fingerprint density at radius 3 is 2.59 bits per heavy atom. The monoisotopic (exact) mass is 456 g/mol. The number of nitrogens with one attached hydrogen (secondary N) is 1. The molecule has 0 saturated carbocycles. The molecule has 0 aromatic heterocycles. The first-order valence-electron chi connectivity index (χ1n) is 8.28. The van der Waals surface area contributed by atoms with Gasteiger partial charge in [0.1, 0.15) is 10.7 Å². The molecule has 3 rings (SSSR count). The number of anilines is 1. The van der Waals surface area contributed by atoms with Gasteiger partial charge in [-0.1, -0.05) is 34.1 Å². The molecular weight excluding hydrogens is 439 g/mol. The number of nitrogens with zero attached hydrogens (tertiary/aromatic N) is 1. The van der Waals surface area contributed by atoms with Crippen LogP contribution in [0.25, 0.3) is 0 Å². The quantitative estimate of drug-likeness (QED) is 0.750. The number of hydrogen-bond acceptors (Lipinski definition) is 4. The van der Waals surface area contributed by atoms with Crippen LogP contribution in [-0.2, 0) is 26.0 Å². The fourth-order valence-electron chi connectivity index (χ4n) is 2.72. The number of ether oxygens (including phenoxy) is 1. The van der Waals surface area contributed by atoms with Crippen LogP contribution in [-0.4, -0.2) is 44.9 Å². The van der Waals surface area contributed by atoms with Crippen molar-refractivity contribution in [1.29, 1.82) is 0 Å². The fraction of sp³-hybridized carbons (Fsp3) is 0.278. The van der Waals surface area contributed by atoms with Gasteiger partial charge in [0.15, 0.2) is 0 Å². The Morgan fingerprint density at radius 1 is 1.19 bits per heavy atom. The van der Waals surface area contributed by atoms with Crippen LogP contribution in [0.3, 0.4) is 0 Å². The van der Waals surface area contributed by atoms with Crippen LogP contribution in [0.2, 0.25) is 0 Å². The first kappa shape index (κ1) is 19.9. The van der Waals surface area contributed by atoms with Gasteiger partial charge in [-0.3, -0.25) is 4.79 Å². The zero-order valence-electron chi connectivity index (χ0n) is 14.3. The molecule has 1 N–H and O–H groups in total. The van der Waals surface area contributed by atoms with Crippen molar-refractivity contribution in [2.75, 3.05) is 31.6 Å². The molecule has 2 aromatic carbocycles. The average Bonchev–Trinajstić information content (AvgIpc) is 2.66. The van der Waals surface area contributed by atoms with Gasteiger partial charge in [-0.05, 0) is 29.8 Å². The number of rotatable bonds is 5. The van der Waals surface area contributed by atoms with E-state index >= 15 is 0 Å². The third-order valence-corrected chi connectivity index (χ3v) is 6.80. The van der Waals surface area contributed by atoms with Crippen LogP contribution in [0, 0.1) is 5.82 Å². The summed E-state index contributed by atoms with van der Waals surface area (Å²) in [5, 5.41) is 2.63. The molecule has 1 amide bonds. The van der Waals surface area contributed by atoms with Gasteiger partial charge in [0.05, 0.1) is 19.6 Å². The number of benzene rings is 2. The van der Waals surface area contributed by atoms with Gasteiger partial charge in [0, 0.05) is 23.2 Å². The largest absolute Gasteiger partial charge is 0.379 e. The van der Waals surface area contributed by atoms with Gasteiger partial charge in [0.2, 0.25) is 15.9 Å². The summed E-state index contributed by atoms with van der Waals surface area (Å²) in [5.41, 5.74) is 1.01. The van der Waals surface area contributed by atoms with Crippen molar-refractivity contribution in [2.24, 2.45) is 0 Å². The first-order valence-corrected chi connectivity index (χ1v) is 10.5. The van der Waals surface area contributed by atoms with Crippen molar-refractivity contribution >= 4 is 37.5 Å². The highest BCUT2D eigenvalue weighted by molar-refractivity contribution is 9.10. The van der Waals surface area contributed by atoms with E-state index in [-0.39, 0.29) is 44.3 Å². The first-order chi connectivity index (χ1) is 12.9. The van der Waals surface area contributed by atoms with Crippen molar-refractivity contribution in [3.8, 4) is 0 Å². The number of carbonyl (C=O) groups excluding carboxylic acids is 1. The number of sulfonamides is 1. The van der Waals surface area contributed by atoms with Crippen molar-refractivity contribution < 1.29 is 22.3 Å². The maximum absolute atomic E-state index is 14.2. The molecule has 144 valence electrons. The van der Waals surface area contributed by atoms with E-state index in [1.807, 2.05) is 24.3 Å². The van der Waals surface area contributed by atoms with Crippen molar-refractivity contribution in [3.63, 3.8) is 0 Å². The summed E-state index contributed by atoms with van der Waals surface area (Å²) in [6.45, 7) is 0.868. The summed E-state index contributed by atoms with van der Waals surface area (Å²) >= 11 is 3.38.